The molecule has 1 aliphatic carbocycles. The van der Waals surface area contributed by atoms with Crippen LogP contribution in [0.5, 0.6) is 0 Å². The highest BCUT2D eigenvalue weighted by molar-refractivity contribution is 7.12. The van der Waals surface area contributed by atoms with Crippen LogP contribution in [0.25, 0.3) is 0 Å². The van der Waals surface area contributed by atoms with Crippen LogP contribution in [-0.2, 0) is 4.79 Å². The van der Waals surface area contributed by atoms with Crippen LogP contribution in [0.15, 0.2) is 17.5 Å². The van der Waals surface area contributed by atoms with Crippen LogP contribution in [0.3, 0.4) is 0 Å². The van der Waals surface area contributed by atoms with Crippen molar-refractivity contribution in [1.82, 2.24) is 10.6 Å². The Labute approximate surface area is 130 Å². The van der Waals surface area contributed by atoms with E-state index < -0.39 is 0 Å². The summed E-state index contributed by atoms with van der Waals surface area (Å²) in [6, 6.07) is 3.91. The molecule has 21 heavy (non-hydrogen) atoms. The van der Waals surface area contributed by atoms with Gasteiger partial charge in [0.1, 0.15) is 0 Å². The van der Waals surface area contributed by atoms with Gasteiger partial charge in [-0.3, -0.25) is 9.59 Å². The largest absolute Gasteiger partial charge is 0.353 e. The van der Waals surface area contributed by atoms with Gasteiger partial charge in [-0.05, 0) is 29.7 Å². The van der Waals surface area contributed by atoms with E-state index in [-0.39, 0.29) is 17.9 Å². The molecule has 0 radical (unpaired) electrons. The van der Waals surface area contributed by atoms with Gasteiger partial charge < -0.3 is 10.6 Å². The van der Waals surface area contributed by atoms with Crippen LogP contribution in [0, 0.1) is 11.8 Å². The average Bonchev–Trinajstić information content (AvgIpc) is 2.98. The fourth-order valence-electron chi connectivity index (χ4n) is 2.85. The minimum atomic E-state index is -0.0996. The molecule has 2 amide bonds. The first-order chi connectivity index (χ1) is 10.1. The molecule has 1 aromatic heterocycles. The van der Waals surface area contributed by atoms with Crippen molar-refractivity contribution < 1.29 is 9.59 Å². The SMILES string of the molecule is C[C@H]1[C@H](C)CCC[C@@H]1NC(=O)CCNC(=O)c1cccs1. The van der Waals surface area contributed by atoms with Gasteiger partial charge in [0, 0.05) is 19.0 Å². The zero-order valence-corrected chi connectivity index (χ0v) is 13.5. The molecule has 0 spiro atoms. The van der Waals surface area contributed by atoms with E-state index in [1.165, 1.54) is 24.2 Å². The highest BCUT2D eigenvalue weighted by atomic mass is 32.1. The molecule has 5 heteroatoms. The van der Waals surface area contributed by atoms with Gasteiger partial charge in [-0.1, -0.05) is 32.8 Å². The molecule has 1 fully saturated rings. The molecule has 0 saturated heterocycles. The van der Waals surface area contributed by atoms with Crippen LogP contribution >= 0.6 is 11.3 Å². The lowest BCUT2D eigenvalue weighted by molar-refractivity contribution is -0.122. The Kier molecular flexibility index (Phi) is 5.79. The molecule has 116 valence electrons. The summed E-state index contributed by atoms with van der Waals surface area (Å²) >= 11 is 1.41. The Morgan fingerprint density at radius 3 is 2.86 bits per heavy atom. The summed E-state index contributed by atoms with van der Waals surface area (Å²) in [5.74, 6) is 1.14. The predicted octanol–water partition coefficient (Wildman–Crippen LogP) is 2.81. The number of carbonyl (C=O) groups excluding carboxylic acids is 2. The topological polar surface area (TPSA) is 58.2 Å². The van der Waals surface area contributed by atoms with Gasteiger partial charge in [0.2, 0.25) is 5.91 Å². The number of amides is 2. The van der Waals surface area contributed by atoms with E-state index >= 15 is 0 Å². The second kappa shape index (κ2) is 7.59. The molecular weight excluding hydrogens is 284 g/mol. The molecule has 0 unspecified atom stereocenters. The molecule has 0 bridgehead atoms. The molecule has 0 aliphatic heterocycles. The Bertz CT molecular complexity index is 473. The van der Waals surface area contributed by atoms with E-state index in [0.717, 1.165) is 6.42 Å². The van der Waals surface area contributed by atoms with Crippen LogP contribution < -0.4 is 10.6 Å². The average molecular weight is 308 g/mol. The first-order valence-electron chi connectivity index (χ1n) is 7.69. The van der Waals surface area contributed by atoms with Crippen LogP contribution in [-0.4, -0.2) is 24.4 Å². The van der Waals surface area contributed by atoms with Crippen molar-refractivity contribution in [3.8, 4) is 0 Å². The molecule has 1 aliphatic rings. The molecule has 4 nitrogen and oxygen atoms in total. The Morgan fingerprint density at radius 1 is 1.33 bits per heavy atom. The molecule has 2 rings (SSSR count). The number of carbonyl (C=O) groups is 2. The molecule has 1 aromatic rings. The maximum absolute atomic E-state index is 12.0. The van der Waals surface area contributed by atoms with Gasteiger partial charge in [-0.25, -0.2) is 0 Å². The lowest BCUT2D eigenvalue weighted by atomic mass is 9.78. The number of thiophene rings is 1. The number of hydrogen-bond donors (Lipinski definition) is 2. The van der Waals surface area contributed by atoms with Crippen molar-refractivity contribution in [1.29, 1.82) is 0 Å². The van der Waals surface area contributed by atoms with E-state index in [9.17, 15) is 9.59 Å². The summed E-state index contributed by atoms with van der Waals surface area (Å²) in [6.07, 6.45) is 3.85. The third kappa shape index (κ3) is 4.56. The second-order valence-corrected chi connectivity index (χ2v) is 6.87. The van der Waals surface area contributed by atoms with E-state index in [1.807, 2.05) is 11.4 Å². The summed E-state index contributed by atoms with van der Waals surface area (Å²) < 4.78 is 0. The van der Waals surface area contributed by atoms with Crippen LogP contribution in [0.1, 0.15) is 49.2 Å². The smallest absolute Gasteiger partial charge is 0.261 e. The molecule has 1 saturated carbocycles. The number of nitrogens with one attached hydrogen (secondary N) is 2. The fraction of sp³-hybridized carbons (Fsp3) is 0.625. The van der Waals surface area contributed by atoms with E-state index in [0.29, 0.717) is 29.7 Å². The third-order valence-electron chi connectivity index (χ3n) is 4.44. The first kappa shape index (κ1) is 16.0. The summed E-state index contributed by atoms with van der Waals surface area (Å²) in [7, 11) is 0. The zero-order valence-electron chi connectivity index (χ0n) is 12.7. The zero-order chi connectivity index (χ0) is 15.2. The Morgan fingerprint density at radius 2 is 2.14 bits per heavy atom. The monoisotopic (exact) mass is 308 g/mol. The minimum absolute atomic E-state index is 0.0347. The van der Waals surface area contributed by atoms with Crippen LogP contribution in [0.2, 0.25) is 0 Å². The van der Waals surface area contributed by atoms with Gasteiger partial charge in [-0.15, -0.1) is 11.3 Å². The number of rotatable bonds is 5. The van der Waals surface area contributed by atoms with Crippen molar-refractivity contribution in [2.75, 3.05) is 6.54 Å². The highest BCUT2D eigenvalue weighted by Crippen LogP contribution is 2.29. The minimum Gasteiger partial charge on any atom is -0.353 e. The summed E-state index contributed by atoms with van der Waals surface area (Å²) in [6.45, 7) is 4.86. The van der Waals surface area contributed by atoms with E-state index in [2.05, 4.69) is 24.5 Å². The Balaban J connectivity index is 1.69. The molecule has 2 N–H and O–H groups in total. The van der Waals surface area contributed by atoms with Crippen molar-refractivity contribution >= 4 is 23.2 Å². The van der Waals surface area contributed by atoms with Crippen molar-refractivity contribution in [3.63, 3.8) is 0 Å². The van der Waals surface area contributed by atoms with Gasteiger partial charge >= 0.3 is 0 Å². The summed E-state index contributed by atoms with van der Waals surface area (Å²) in [5.41, 5.74) is 0. The van der Waals surface area contributed by atoms with Gasteiger partial charge in [0.25, 0.3) is 5.91 Å². The quantitative estimate of drug-likeness (QED) is 0.879. The Hall–Kier alpha value is -1.36. The van der Waals surface area contributed by atoms with Gasteiger partial charge in [0.05, 0.1) is 4.88 Å². The first-order valence-corrected chi connectivity index (χ1v) is 8.57. The van der Waals surface area contributed by atoms with Crippen molar-refractivity contribution in [2.24, 2.45) is 11.8 Å². The van der Waals surface area contributed by atoms with Gasteiger partial charge in [0.15, 0.2) is 0 Å². The van der Waals surface area contributed by atoms with Crippen molar-refractivity contribution in [3.05, 3.63) is 22.4 Å². The van der Waals surface area contributed by atoms with Crippen LogP contribution in [0.4, 0.5) is 0 Å². The maximum atomic E-state index is 12.0. The third-order valence-corrected chi connectivity index (χ3v) is 5.30. The molecule has 0 aromatic carbocycles. The normalized spacial score (nSPS) is 25.3. The van der Waals surface area contributed by atoms with E-state index in [1.54, 1.807) is 6.07 Å². The molecule has 3 atom stereocenters. The molecular formula is C16H24N2O2S. The maximum Gasteiger partial charge on any atom is 0.261 e. The molecule has 1 heterocycles. The lowest BCUT2D eigenvalue weighted by Gasteiger charge is -2.34. The van der Waals surface area contributed by atoms with E-state index in [4.69, 9.17) is 0 Å². The highest BCUT2D eigenvalue weighted by Gasteiger charge is 2.27. The fourth-order valence-corrected chi connectivity index (χ4v) is 3.49. The standard InChI is InChI=1S/C16H24N2O2S/c1-11-5-3-6-13(12(11)2)18-15(19)8-9-17-16(20)14-7-4-10-21-14/h4,7,10-13H,3,5-6,8-9H2,1-2H3,(H,17,20)(H,18,19)/t11-,12+,13+/m1/s1. The summed E-state index contributed by atoms with van der Waals surface area (Å²) in [5, 5.41) is 7.77. The second-order valence-electron chi connectivity index (χ2n) is 5.92. The van der Waals surface area contributed by atoms with Crippen molar-refractivity contribution in [2.45, 2.75) is 45.6 Å². The summed E-state index contributed by atoms with van der Waals surface area (Å²) in [4.78, 5) is 24.4. The lowest BCUT2D eigenvalue weighted by Crippen LogP contribution is -2.44. The van der Waals surface area contributed by atoms with Gasteiger partial charge in [-0.2, -0.15) is 0 Å². The number of hydrogen-bond acceptors (Lipinski definition) is 3. The predicted molar refractivity (Wildman–Crippen MR) is 85.4 cm³/mol.